The minimum Gasteiger partial charge on any atom is -0.497 e. The van der Waals surface area contributed by atoms with Crippen molar-refractivity contribution in [2.24, 2.45) is 11.8 Å². The van der Waals surface area contributed by atoms with Gasteiger partial charge in [-0.15, -0.1) is 0 Å². The van der Waals surface area contributed by atoms with E-state index >= 15 is 0 Å². The van der Waals surface area contributed by atoms with Crippen LogP contribution in [0.2, 0.25) is 0 Å². The molecule has 2 bridgehead atoms. The third kappa shape index (κ3) is 3.14. The van der Waals surface area contributed by atoms with E-state index in [0.717, 1.165) is 35.9 Å². The molecule has 0 unspecified atom stereocenters. The largest absolute Gasteiger partial charge is 0.497 e. The molecule has 3 atom stereocenters. The minimum atomic E-state index is 0.871. The van der Waals surface area contributed by atoms with E-state index in [1.807, 2.05) is 17.0 Å². The number of fused-ring (bicyclic) bond motifs is 2. The van der Waals surface area contributed by atoms with E-state index in [-0.39, 0.29) is 0 Å². The number of rotatable bonds is 5. The van der Waals surface area contributed by atoms with Crippen LogP contribution in [0.3, 0.4) is 0 Å². The molecule has 4 nitrogen and oxygen atoms in total. The molecule has 4 heteroatoms. The lowest BCUT2D eigenvalue weighted by molar-refractivity contribution is -1.03. The molecule has 0 spiro atoms. The summed E-state index contributed by atoms with van der Waals surface area (Å²) in [7, 11) is 3.46. The molecule has 1 saturated heterocycles. The summed E-state index contributed by atoms with van der Waals surface area (Å²) in [6.07, 6.45) is 6.08. The number of piperazine rings is 1. The Balaban J connectivity index is 1.33. The summed E-state index contributed by atoms with van der Waals surface area (Å²) in [5.41, 5.74) is 1.30. The van der Waals surface area contributed by atoms with E-state index in [9.17, 15) is 0 Å². The van der Waals surface area contributed by atoms with Crippen molar-refractivity contribution in [3.8, 4) is 11.5 Å². The number of ether oxygens (including phenoxy) is 2. The van der Waals surface area contributed by atoms with E-state index in [2.05, 4.69) is 6.07 Å². The van der Waals surface area contributed by atoms with Crippen molar-refractivity contribution < 1.29 is 19.3 Å². The smallest absolute Gasteiger partial charge is 0.131 e. The normalized spacial score (nSPS) is 35.2. The fraction of sp³-hybridized carbons (Fsp3) is 0.700. The Hall–Kier alpha value is -1.26. The summed E-state index contributed by atoms with van der Waals surface area (Å²) in [6.45, 7) is 6.34. The van der Waals surface area contributed by atoms with Crippen molar-refractivity contribution in [2.75, 3.05) is 40.4 Å². The van der Waals surface area contributed by atoms with Gasteiger partial charge in [0.1, 0.15) is 44.2 Å². The van der Waals surface area contributed by atoms with Gasteiger partial charge in [0.25, 0.3) is 0 Å². The Morgan fingerprint density at radius 3 is 2.46 bits per heavy atom. The SMILES string of the molecule is COc1ccc(C[NH+]2CC[NH+]([C@H]3C[C@H]4CC[C@@H]3C4)CC2)c(OC)c1. The van der Waals surface area contributed by atoms with Crippen LogP contribution >= 0.6 is 0 Å². The topological polar surface area (TPSA) is 27.3 Å². The maximum Gasteiger partial charge on any atom is 0.131 e. The van der Waals surface area contributed by atoms with E-state index < -0.39 is 0 Å². The molecule has 1 aromatic rings. The van der Waals surface area contributed by atoms with E-state index in [4.69, 9.17) is 9.47 Å². The van der Waals surface area contributed by atoms with Crippen LogP contribution in [0, 0.1) is 11.8 Å². The van der Waals surface area contributed by atoms with Gasteiger partial charge in [-0.2, -0.15) is 0 Å². The first-order chi connectivity index (χ1) is 11.8. The van der Waals surface area contributed by atoms with Gasteiger partial charge in [0, 0.05) is 24.0 Å². The highest BCUT2D eigenvalue weighted by Gasteiger charge is 2.46. The van der Waals surface area contributed by atoms with E-state index in [1.54, 1.807) is 19.1 Å². The van der Waals surface area contributed by atoms with Crippen LogP contribution in [0.4, 0.5) is 0 Å². The molecule has 1 heterocycles. The van der Waals surface area contributed by atoms with Gasteiger partial charge in [-0.25, -0.2) is 0 Å². The van der Waals surface area contributed by atoms with Crippen LogP contribution in [0.15, 0.2) is 18.2 Å². The van der Waals surface area contributed by atoms with Gasteiger partial charge in [-0.1, -0.05) is 0 Å². The lowest BCUT2D eigenvalue weighted by Crippen LogP contribution is -3.29. The Kier molecular flexibility index (Phi) is 4.68. The van der Waals surface area contributed by atoms with Gasteiger partial charge in [0.15, 0.2) is 0 Å². The Morgan fingerprint density at radius 2 is 1.83 bits per heavy atom. The molecule has 4 rings (SSSR count). The molecule has 0 radical (unpaired) electrons. The maximum atomic E-state index is 5.57. The molecular formula is C20H32N2O2+2. The van der Waals surface area contributed by atoms with Gasteiger partial charge < -0.3 is 19.3 Å². The molecule has 132 valence electrons. The predicted octanol–water partition coefficient (Wildman–Crippen LogP) is 0.176. The number of hydrogen-bond donors (Lipinski definition) is 2. The number of methoxy groups -OCH3 is 2. The van der Waals surface area contributed by atoms with Crippen molar-refractivity contribution in [1.29, 1.82) is 0 Å². The highest BCUT2D eigenvalue weighted by molar-refractivity contribution is 5.40. The third-order valence-corrected chi connectivity index (χ3v) is 6.80. The van der Waals surface area contributed by atoms with E-state index in [0.29, 0.717) is 0 Å². The van der Waals surface area contributed by atoms with Gasteiger partial charge in [-0.05, 0) is 37.3 Å². The first-order valence-corrected chi connectivity index (χ1v) is 9.66. The molecule has 2 aliphatic carbocycles. The maximum absolute atomic E-state index is 5.57. The molecule has 2 N–H and O–H groups in total. The lowest BCUT2D eigenvalue weighted by atomic mass is 9.93. The van der Waals surface area contributed by atoms with Gasteiger partial charge in [-0.3, -0.25) is 0 Å². The first kappa shape index (κ1) is 16.2. The van der Waals surface area contributed by atoms with Crippen molar-refractivity contribution in [3.63, 3.8) is 0 Å². The molecule has 1 aromatic carbocycles. The summed E-state index contributed by atoms with van der Waals surface area (Å²) < 4.78 is 10.9. The number of quaternary nitrogens is 2. The van der Waals surface area contributed by atoms with Gasteiger partial charge in [0.05, 0.1) is 20.3 Å². The standard InChI is InChI=1S/C20H30N2O2/c1-23-18-6-5-17(20(13-18)24-2)14-21-7-9-22(10-8-21)19-12-15-3-4-16(19)11-15/h5-6,13,15-16,19H,3-4,7-12,14H2,1-2H3/p+2/t15-,16+,19-/m0/s1. The van der Waals surface area contributed by atoms with Crippen LogP contribution in [0.1, 0.15) is 31.2 Å². The third-order valence-electron chi connectivity index (χ3n) is 6.80. The molecule has 3 fully saturated rings. The van der Waals surface area contributed by atoms with Crippen molar-refractivity contribution in [1.82, 2.24) is 0 Å². The second-order valence-corrected chi connectivity index (χ2v) is 8.04. The van der Waals surface area contributed by atoms with Gasteiger partial charge >= 0.3 is 0 Å². The average Bonchev–Trinajstić information content (AvgIpc) is 3.26. The fourth-order valence-corrected chi connectivity index (χ4v) is 5.48. The summed E-state index contributed by atoms with van der Waals surface area (Å²) in [4.78, 5) is 3.61. The summed E-state index contributed by atoms with van der Waals surface area (Å²) in [5, 5.41) is 0. The molecular weight excluding hydrogens is 300 g/mol. The Morgan fingerprint density at radius 1 is 1.00 bits per heavy atom. The monoisotopic (exact) mass is 332 g/mol. The number of hydrogen-bond acceptors (Lipinski definition) is 2. The average molecular weight is 332 g/mol. The highest BCUT2D eigenvalue weighted by atomic mass is 16.5. The molecule has 0 aromatic heterocycles. The molecule has 1 aliphatic heterocycles. The van der Waals surface area contributed by atoms with Crippen LogP contribution in [-0.4, -0.2) is 46.4 Å². The highest BCUT2D eigenvalue weighted by Crippen LogP contribution is 2.43. The van der Waals surface area contributed by atoms with Crippen molar-refractivity contribution >= 4 is 0 Å². The molecule has 3 aliphatic rings. The van der Waals surface area contributed by atoms with Crippen LogP contribution in [-0.2, 0) is 6.54 Å². The van der Waals surface area contributed by atoms with Crippen LogP contribution < -0.4 is 19.3 Å². The zero-order valence-corrected chi connectivity index (χ0v) is 15.1. The minimum absolute atomic E-state index is 0.871. The Labute approximate surface area is 145 Å². The zero-order valence-electron chi connectivity index (χ0n) is 15.1. The van der Waals surface area contributed by atoms with Crippen LogP contribution in [0.5, 0.6) is 11.5 Å². The summed E-state index contributed by atoms with van der Waals surface area (Å²) >= 11 is 0. The van der Waals surface area contributed by atoms with Crippen LogP contribution in [0.25, 0.3) is 0 Å². The van der Waals surface area contributed by atoms with E-state index in [1.165, 1.54) is 57.4 Å². The fourth-order valence-electron chi connectivity index (χ4n) is 5.48. The molecule has 0 amide bonds. The Bertz CT molecular complexity index is 569. The summed E-state index contributed by atoms with van der Waals surface area (Å²) in [5.74, 6) is 3.95. The molecule has 24 heavy (non-hydrogen) atoms. The summed E-state index contributed by atoms with van der Waals surface area (Å²) in [6, 6.07) is 7.21. The lowest BCUT2D eigenvalue weighted by Gasteiger charge is -2.36. The quantitative estimate of drug-likeness (QED) is 0.805. The van der Waals surface area contributed by atoms with Crippen molar-refractivity contribution in [2.45, 2.75) is 38.3 Å². The number of nitrogens with one attached hydrogen (secondary N) is 2. The van der Waals surface area contributed by atoms with Crippen molar-refractivity contribution in [3.05, 3.63) is 23.8 Å². The molecule has 2 saturated carbocycles. The second-order valence-electron chi connectivity index (χ2n) is 8.04. The first-order valence-electron chi connectivity index (χ1n) is 9.66. The second kappa shape index (κ2) is 6.93. The van der Waals surface area contributed by atoms with Gasteiger partial charge in [0.2, 0.25) is 0 Å². The number of benzene rings is 1. The predicted molar refractivity (Wildman–Crippen MR) is 93.9 cm³/mol. The zero-order chi connectivity index (χ0) is 16.5.